The topological polar surface area (TPSA) is 57.6 Å². The molecular weight excluding hydrogens is 274 g/mol. The van der Waals surface area contributed by atoms with E-state index in [0.29, 0.717) is 19.3 Å². The number of hydrogen-bond acceptors (Lipinski definition) is 3. The molecule has 0 unspecified atom stereocenters. The molecule has 1 amide bonds. The molecule has 0 radical (unpaired) electrons. The third kappa shape index (κ3) is 2.87. The second kappa shape index (κ2) is 5.95. The number of carboxylic acids is 1. The Labute approximate surface area is 123 Å². The van der Waals surface area contributed by atoms with Crippen LogP contribution in [-0.2, 0) is 16.0 Å². The van der Waals surface area contributed by atoms with Crippen LogP contribution in [0.2, 0.25) is 0 Å². The minimum absolute atomic E-state index is 0.101. The minimum atomic E-state index is -0.998. The highest BCUT2D eigenvalue weighted by molar-refractivity contribution is 7.12. The second-order valence-electron chi connectivity index (χ2n) is 5.54. The van der Waals surface area contributed by atoms with E-state index in [-0.39, 0.29) is 5.91 Å². The molecule has 1 aromatic heterocycles. The summed E-state index contributed by atoms with van der Waals surface area (Å²) in [5.74, 6) is -0.966. The second-order valence-corrected chi connectivity index (χ2v) is 6.91. The van der Waals surface area contributed by atoms with Gasteiger partial charge in [-0.15, -0.1) is 11.3 Å². The number of carboxylic acid groups (broad SMARTS) is 1. The highest BCUT2D eigenvalue weighted by Gasteiger charge is 2.45. The van der Waals surface area contributed by atoms with Crippen molar-refractivity contribution in [1.29, 1.82) is 0 Å². The number of aryl methyl sites for hydroxylation is 1. The van der Waals surface area contributed by atoms with Crippen LogP contribution in [0.15, 0.2) is 12.1 Å². The lowest BCUT2D eigenvalue weighted by Gasteiger charge is -2.41. The van der Waals surface area contributed by atoms with E-state index in [1.54, 1.807) is 18.4 Å². The molecule has 4 nitrogen and oxygen atoms in total. The van der Waals surface area contributed by atoms with Crippen LogP contribution in [0, 0.1) is 6.92 Å². The van der Waals surface area contributed by atoms with Crippen LogP contribution in [0.3, 0.4) is 0 Å². The average Bonchev–Trinajstić information content (AvgIpc) is 2.83. The Morgan fingerprint density at radius 3 is 2.45 bits per heavy atom. The summed E-state index contributed by atoms with van der Waals surface area (Å²) in [6.07, 6.45) is 4.23. The van der Waals surface area contributed by atoms with Crippen molar-refractivity contribution >= 4 is 23.2 Å². The number of thiophene rings is 1. The number of aliphatic carboxylic acids is 1. The molecular formula is C15H21NO3S. The third-order valence-electron chi connectivity index (χ3n) is 4.22. The smallest absolute Gasteiger partial charge is 0.329 e. The summed E-state index contributed by atoms with van der Waals surface area (Å²) in [5.41, 5.74) is -0.998. The minimum Gasteiger partial charge on any atom is -0.479 e. The van der Waals surface area contributed by atoms with E-state index in [4.69, 9.17) is 0 Å². The van der Waals surface area contributed by atoms with E-state index in [0.717, 1.165) is 24.1 Å². The van der Waals surface area contributed by atoms with Crippen molar-refractivity contribution in [3.63, 3.8) is 0 Å². The molecule has 5 heteroatoms. The maximum absolute atomic E-state index is 12.4. The van der Waals surface area contributed by atoms with Crippen LogP contribution >= 0.6 is 11.3 Å². The fourth-order valence-electron chi connectivity index (χ4n) is 2.92. The van der Waals surface area contributed by atoms with Gasteiger partial charge in [-0.05, 0) is 31.9 Å². The van der Waals surface area contributed by atoms with Gasteiger partial charge in [0.2, 0.25) is 5.91 Å². The van der Waals surface area contributed by atoms with E-state index in [9.17, 15) is 14.7 Å². The number of likely N-dealkylation sites (N-methyl/N-ethyl adjacent to an activating group) is 1. The number of carbonyl (C=O) groups is 2. The van der Waals surface area contributed by atoms with E-state index in [2.05, 4.69) is 0 Å². The first-order valence-corrected chi connectivity index (χ1v) is 7.83. The molecule has 20 heavy (non-hydrogen) atoms. The van der Waals surface area contributed by atoms with E-state index in [1.165, 1.54) is 9.78 Å². The maximum atomic E-state index is 12.4. The largest absolute Gasteiger partial charge is 0.479 e. The predicted molar refractivity (Wildman–Crippen MR) is 79.0 cm³/mol. The van der Waals surface area contributed by atoms with Crippen molar-refractivity contribution in [2.45, 2.75) is 51.0 Å². The molecule has 1 aliphatic rings. The van der Waals surface area contributed by atoms with Gasteiger partial charge in [0, 0.05) is 16.8 Å². The molecule has 1 aromatic rings. The Bertz CT molecular complexity index is 503. The fourth-order valence-corrected chi connectivity index (χ4v) is 3.80. The highest BCUT2D eigenvalue weighted by Crippen LogP contribution is 2.34. The van der Waals surface area contributed by atoms with Gasteiger partial charge in [0.05, 0.1) is 6.42 Å². The zero-order valence-electron chi connectivity index (χ0n) is 12.0. The van der Waals surface area contributed by atoms with Crippen LogP contribution < -0.4 is 0 Å². The maximum Gasteiger partial charge on any atom is 0.329 e. The van der Waals surface area contributed by atoms with Crippen LogP contribution in [0.25, 0.3) is 0 Å². The predicted octanol–water partition coefficient (Wildman–Crippen LogP) is 2.84. The molecule has 1 saturated carbocycles. The Kier molecular flexibility index (Phi) is 4.48. The number of rotatable bonds is 4. The third-order valence-corrected chi connectivity index (χ3v) is 5.22. The van der Waals surface area contributed by atoms with Crippen molar-refractivity contribution in [3.8, 4) is 0 Å². The van der Waals surface area contributed by atoms with Crippen LogP contribution in [-0.4, -0.2) is 34.5 Å². The number of carbonyl (C=O) groups excluding carboxylic acids is 1. The average molecular weight is 295 g/mol. The molecule has 1 fully saturated rings. The standard InChI is InChI=1S/C15H21NO3S/c1-11-6-7-12(20-11)10-13(17)16(2)15(14(18)19)8-4-3-5-9-15/h6-7H,3-5,8-10H2,1-2H3,(H,18,19). The zero-order valence-corrected chi connectivity index (χ0v) is 12.8. The van der Waals surface area contributed by atoms with Crippen molar-refractivity contribution in [3.05, 3.63) is 21.9 Å². The Hall–Kier alpha value is -1.36. The van der Waals surface area contributed by atoms with Crippen LogP contribution in [0.5, 0.6) is 0 Å². The molecule has 2 rings (SSSR count). The summed E-state index contributed by atoms with van der Waals surface area (Å²) in [6.45, 7) is 2.00. The molecule has 0 aromatic carbocycles. The van der Waals surface area contributed by atoms with Crippen molar-refractivity contribution < 1.29 is 14.7 Å². The molecule has 0 bridgehead atoms. The number of hydrogen-bond donors (Lipinski definition) is 1. The van der Waals surface area contributed by atoms with Gasteiger partial charge in [0.25, 0.3) is 0 Å². The normalized spacial score (nSPS) is 17.7. The van der Waals surface area contributed by atoms with Crippen LogP contribution in [0.4, 0.5) is 0 Å². The molecule has 0 aliphatic heterocycles. The number of nitrogens with zero attached hydrogens (tertiary/aromatic N) is 1. The first kappa shape index (κ1) is 15.0. The van der Waals surface area contributed by atoms with Crippen molar-refractivity contribution in [1.82, 2.24) is 4.90 Å². The molecule has 0 spiro atoms. The first-order valence-electron chi connectivity index (χ1n) is 7.01. The lowest BCUT2D eigenvalue weighted by molar-refractivity contribution is -0.160. The lowest BCUT2D eigenvalue weighted by Crippen LogP contribution is -2.56. The van der Waals surface area contributed by atoms with Gasteiger partial charge < -0.3 is 10.0 Å². The van der Waals surface area contributed by atoms with E-state index < -0.39 is 11.5 Å². The van der Waals surface area contributed by atoms with Crippen LogP contribution in [0.1, 0.15) is 41.9 Å². The molecule has 0 atom stereocenters. The van der Waals surface area contributed by atoms with Gasteiger partial charge in [-0.25, -0.2) is 4.79 Å². The Balaban J connectivity index is 2.12. The van der Waals surface area contributed by atoms with Gasteiger partial charge in [-0.2, -0.15) is 0 Å². The summed E-state index contributed by atoms with van der Waals surface area (Å²) in [5, 5.41) is 9.59. The molecule has 1 aliphatic carbocycles. The van der Waals surface area contributed by atoms with E-state index in [1.807, 2.05) is 19.1 Å². The molecule has 1 N–H and O–H groups in total. The summed E-state index contributed by atoms with van der Waals surface area (Å²) >= 11 is 1.59. The quantitative estimate of drug-likeness (QED) is 0.929. The van der Waals surface area contributed by atoms with Gasteiger partial charge in [-0.1, -0.05) is 19.3 Å². The lowest BCUT2D eigenvalue weighted by atomic mass is 9.80. The van der Waals surface area contributed by atoms with Gasteiger partial charge in [0.15, 0.2) is 0 Å². The fraction of sp³-hybridized carbons (Fsp3) is 0.600. The zero-order chi connectivity index (χ0) is 14.8. The van der Waals surface area contributed by atoms with Gasteiger partial charge >= 0.3 is 5.97 Å². The molecule has 0 saturated heterocycles. The summed E-state index contributed by atoms with van der Waals surface area (Å²) in [4.78, 5) is 27.7. The van der Waals surface area contributed by atoms with Crippen molar-refractivity contribution in [2.75, 3.05) is 7.05 Å². The summed E-state index contributed by atoms with van der Waals surface area (Å²) in [6, 6.07) is 3.93. The SMILES string of the molecule is Cc1ccc(CC(=O)N(C)C2(C(=O)O)CCCCC2)s1. The van der Waals surface area contributed by atoms with Gasteiger partial charge in [0.1, 0.15) is 5.54 Å². The van der Waals surface area contributed by atoms with Gasteiger partial charge in [-0.3, -0.25) is 4.79 Å². The molecule has 110 valence electrons. The van der Waals surface area contributed by atoms with E-state index >= 15 is 0 Å². The Morgan fingerprint density at radius 2 is 1.95 bits per heavy atom. The molecule has 1 heterocycles. The monoisotopic (exact) mass is 295 g/mol. The summed E-state index contributed by atoms with van der Waals surface area (Å²) in [7, 11) is 1.64. The highest BCUT2D eigenvalue weighted by atomic mass is 32.1. The first-order chi connectivity index (χ1) is 9.45. The number of amides is 1. The summed E-state index contributed by atoms with van der Waals surface area (Å²) < 4.78 is 0. The Morgan fingerprint density at radius 1 is 1.30 bits per heavy atom. The van der Waals surface area contributed by atoms with Crippen molar-refractivity contribution in [2.24, 2.45) is 0 Å².